The monoisotopic (exact) mass is 688 g/mol. The summed E-state index contributed by atoms with van der Waals surface area (Å²) in [4.78, 5) is 54.4. The Morgan fingerprint density at radius 3 is 1.34 bits per heavy atom. The molecule has 0 bridgehead atoms. The number of halogens is 1. The lowest BCUT2D eigenvalue weighted by molar-refractivity contribution is -0.139. The lowest BCUT2D eigenvalue weighted by atomic mass is 10.1. The standard InChI is InChI=1S/C17H20FN5O2.C17H21N5O3/c1-11-7-12(2)9-13(8-11)15-19-10-23(22-15)6-5-14(24)20-21-16(25)17(3,4)18;1-11-7-12(2)9-13(8-11)15-18-10-22(21-15)6-5-14(23)19-20-16(24)17(3,4)25/h5-10H,1-4H3,(H,20,24)(H,21,25);5-10,25H,1-4H3,(H,19,23)(H,20,24)/b2*6-5-. The number of aromatic nitrogens is 6. The van der Waals surface area contributed by atoms with Crippen molar-refractivity contribution >= 4 is 36.0 Å². The second-order valence-electron chi connectivity index (χ2n) is 12.4. The molecule has 4 aromatic rings. The summed E-state index contributed by atoms with van der Waals surface area (Å²) < 4.78 is 16.1. The first-order valence-electron chi connectivity index (χ1n) is 15.3. The summed E-state index contributed by atoms with van der Waals surface area (Å²) in [6, 6.07) is 12.0. The molecule has 4 rings (SSSR count). The van der Waals surface area contributed by atoms with Gasteiger partial charge in [-0.2, -0.15) is 0 Å². The second-order valence-corrected chi connectivity index (χ2v) is 12.4. The number of aryl methyl sites for hydroxylation is 4. The maximum Gasteiger partial charge on any atom is 0.275 e. The van der Waals surface area contributed by atoms with Crippen LogP contribution in [0.2, 0.25) is 0 Å². The third-order valence-corrected chi connectivity index (χ3v) is 6.43. The van der Waals surface area contributed by atoms with Crippen LogP contribution in [0.1, 0.15) is 49.9 Å². The number of carbonyl (C=O) groups excluding carboxylic acids is 4. The Bertz CT molecular complexity index is 1740. The Morgan fingerprint density at radius 1 is 0.640 bits per heavy atom. The lowest BCUT2D eigenvalue weighted by Crippen LogP contribution is -2.50. The van der Waals surface area contributed by atoms with Crippen molar-refractivity contribution in [1.82, 2.24) is 51.2 Å². The minimum atomic E-state index is -2.08. The van der Waals surface area contributed by atoms with Crippen molar-refractivity contribution in [3.05, 3.63) is 83.5 Å². The van der Waals surface area contributed by atoms with Crippen molar-refractivity contribution in [1.29, 1.82) is 0 Å². The van der Waals surface area contributed by atoms with E-state index in [0.29, 0.717) is 11.6 Å². The fraction of sp³-hybridized carbons (Fsp3) is 0.294. The normalized spacial score (nSPS) is 11.6. The van der Waals surface area contributed by atoms with Gasteiger partial charge in [-0.1, -0.05) is 34.4 Å². The SMILES string of the molecule is Cc1cc(C)cc(-c2ncn(/C=C\C(=O)NNC(=O)C(C)(C)F)n2)c1.Cc1cc(C)cc(-c2ncn(/C=C\C(=O)NNC(=O)C(C)(C)O)n2)c1. The number of amides is 4. The first kappa shape index (κ1) is 38.4. The van der Waals surface area contributed by atoms with E-state index in [9.17, 15) is 28.7 Å². The first-order valence-corrected chi connectivity index (χ1v) is 15.3. The molecule has 0 aliphatic rings. The topological polar surface area (TPSA) is 198 Å². The minimum Gasteiger partial charge on any atom is -0.381 e. The van der Waals surface area contributed by atoms with Crippen LogP contribution in [-0.4, -0.2) is 69.5 Å². The Hall–Kier alpha value is -6.03. The first-order chi connectivity index (χ1) is 23.3. The molecule has 0 fully saturated rings. The highest BCUT2D eigenvalue weighted by molar-refractivity contribution is 5.93. The molecule has 0 saturated heterocycles. The Balaban J connectivity index is 0.000000270. The number of hydrogen-bond acceptors (Lipinski definition) is 9. The van der Waals surface area contributed by atoms with Crippen LogP contribution in [0.15, 0.2) is 61.2 Å². The zero-order valence-electron chi connectivity index (χ0n) is 29.1. The van der Waals surface area contributed by atoms with Gasteiger partial charge < -0.3 is 5.11 Å². The van der Waals surface area contributed by atoms with E-state index >= 15 is 0 Å². The zero-order chi connectivity index (χ0) is 37.2. The van der Waals surface area contributed by atoms with Crippen LogP contribution in [0.5, 0.6) is 0 Å². The fourth-order valence-corrected chi connectivity index (χ4v) is 4.08. The molecule has 0 saturated carbocycles. The van der Waals surface area contributed by atoms with Crippen molar-refractivity contribution in [2.75, 3.05) is 0 Å². The number of nitrogens with one attached hydrogen (secondary N) is 4. The summed E-state index contributed by atoms with van der Waals surface area (Å²) in [6.45, 7) is 12.8. The summed E-state index contributed by atoms with van der Waals surface area (Å²) in [7, 11) is 0. The smallest absolute Gasteiger partial charge is 0.275 e. The molecule has 0 atom stereocenters. The quantitative estimate of drug-likeness (QED) is 0.137. The predicted octanol–water partition coefficient (Wildman–Crippen LogP) is 2.88. The van der Waals surface area contributed by atoms with E-state index in [-0.39, 0.29) is 0 Å². The van der Waals surface area contributed by atoms with Gasteiger partial charge >= 0.3 is 0 Å². The van der Waals surface area contributed by atoms with Crippen LogP contribution >= 0.6 is 0 Å². The molecule has 0 aliphatic heterocycles. The number of alkyl halides is 1. The Labute approximate surface area is 288 Å². The Kier molecular flexibility index (Phi) is 12.6. The van der Waals surface area contributed by atoms with Crippen LogP contribution in [0.3, 0.4) is 0 Å². The van der Waals surface area contributed by atoms with Gasteiger partial charge in [0.25, 0.3) is 23.6 Å². The van der Waals surface area contributed by atoms with E-state index in [2.05, 4.69) is 48.6 Å². The molecule has 2 aromatic carbocycles. The second kappa shape index (κ2) is 16.4. The molecule has 2 aromatic heterocycles. The molecule has 15 nitrogen and oxygen atoms in total. The van der Waals surface area contributed by atoms with E-state index in [1.807, 2.05) is 57.4 Å². The molecule has 16 heteroatoms. The molecule has 0 radical (unpaired) electrons. The van der Waals surface area contributed by atoms with E-state index in [1.165, 1.54) is 54.3 Å². The highest BCUT2D eigenvalue weighted by Crippen LogP contribution is 2.19. The van der Waals surface area contributed by atoms with Gasteiger partial charge in [-0.15, -0.1) is 10.2 Å². The molecule has 264 valence electrons. The number of hydrazine groups is 2. The third kappa shape index (κ3) is 12.2. The van der Waals surface area contributed by atoms with Crippen molar-refractivity contribution in [3.8, 4) is 22.8 Å². The van der Waals surface area contributed by atoms with E-state index < -0.39 is 34.9 Å². The highest BCUT2D eigenvalue weighted by atomic mass is 19.1. The molecule has 2 heterocycles. The molecular formula is C34H41FN10O5. The predicted molar refractivity (Wildman–Crippen MR) is 185 cm³/mol. The molecule has 0 spiro atoms. The highest BCUT2D eigenvalue weighted by Gasteiger charge is 2.26. The van der Waals surface area contributed by atoms with E-state index in [0.717, 1.165) is 53.3 Å². The van der Waals surface area contributed by atoms with Crippen LogP contribution in [0.4, 0.5) is 4.39 Å². The largest absolute Gasteiger partial charge is 0.381 e. The third-order valence-electron chi connectivity index (χ3n) is 6.43. The summed E-state index contributed by atoms with van der Waals surface area (Å²) >= 11 is 0. The molecule has 0 aliphatic carbocycles. The van der Waals surface area contributed by atoms with Crippen LogP contribution in [-0.2, 0) is 19.2 Å². The average Bonchev–Trinajstić information content (AvgIpc) is 3.69. The number of carbonyl (C=O) groups is 4. The molecular weight excluding hydrogens is 647 g/mol. The van der Waals surface area contributed by atoms with Crippen molar-refractivity contribution in [2.45, 2.75) is 66.7 Å². The van der Waals surface area contributed by atoms with Gasteiger partial charge in [-0.25, -0.2) is 23.7 Å². The summed E-state index contributed by atoms with van der Waals surface area (Å²) in [6.07, 6.45) is 8.05. The molecule has 50 heavy (non-hydrogen) atoms. The summed E-state index contributed by atoms with van der Waals surface area (Å²) in [5.41, 5.74) is 10.9. The summed E-state index contributed by atoms with van der Waals surface area (Å²) in [5.74, 6) is -1.77. The maximum atomic E-state index is 13.3. The minimum absolute atomic E-state index is 0.532. The average molecular weight is 689 g/mol. The summed E-state index contributed by atoms with van der Waals surface area (Å²) in [5, 5.41) is 18.0. The van der Waals surface area contributed by atoms with Crippen LogP contribution in [0, 0.1) is 27.7 Å². The van der Waals surface area contributed by atoms with E-state index in [4.69, 9.17) is 0 Å². The number of rotatable bonds is 8. The van der Waals surface area contributed by atoms with E-state index in [1.54, 1.807) is 0 Å². The van der Waals surface area contributed by atoms with Gasteiger partial charge in [0.15, 0.2) is 17.3 Å². The van der Waals surface area contributed by atoms with Gasteiger partial charge in [0, 0.05) is 35.7 Å². The maximum absolute atomic E-state index is 13.3. The van der Waals surface area contributed by atoms with Crippen molar-refractivity contribution in [2.24, 2.45) is 0 Å². The molecule has 4 amide bonds. The number of hydrogen-bond donors (Lipinski definition) is 5. The number of nitrogens with zero attached hydrogens (tertiary/aromatic N) is 6. The van der Waals surface area contributed by atoms with Gasteiger partial charge in [-0.3, -0.25) is 40.9 Å². The fourth-order valence-electron chi connectivity index (χ4n) is 4.08. The van der Waals surface area contributed by atoms with Crippen molar-refractivity contribution < 1.29 is 28.7 Å². The van der Waals surface area contributed by atoms with Gasteiger partial charge in [-0.05, 0) is 79.7 Å². The number of benzene rings is 2. The van der Waals surface area contributed by atoms with Gasteiger partial charge in [0.1, 0.15) is 18.3 Å². The Morgan fingerprint density at radius 2 is 1.00 bits per heavy atom. The van der Waals surface area contributed by atoms with Crippen LogP contribution in [0.25, 0.3) is 35.2 Å². The lowest BCUT2D eigenvalue weighted by Gasteiger charge is -2.16. The van der Waals surface area contributed by atoms with Crippen molar-refractivity contribution in [3.63, 3.8) is 0 Å². The zero-order valence-corrected chi connectivity index (χ0v) is 29.1. The van der Waals surface area contributed by atoms with Crippen LogP contribution < -0.4 is 21.7 Å². The van der Waals surface area contributed by atoms with Gasteiger partial charge in [0.2, 0.25) is 0 Å². The molecule has 5 N–H and O–H groups in total. The van der Waals surface area contributed by atoms with Gasteiger partial charge in [0.05, 0.1) is 0 Å². The number of aliphatic hydroxyl groups is 1. The molecule has 0 unspecified atom stereocenters.